The normalized spacial score (nSPS) is 14.6. The molecule has 0 N–H and O–H groups in total. The molecular weight excluding hydrogens is 360 g/mol. The summed E-state index contributed by atoms with van der Waals surface area (Å²) in [6, 6.07) is 22.1. The number of rotatable bonds is 4. The van der Waals surface area contributed by atoms with Gasteiger partial charge < -0.3 is 9.80 Å². The Morgan fingerprint density at radius 1 is 0.931 bits per heavy atom. The molecule has 3 aromatic rings. The number of carbonyl (C=O) groups excluding carboxylic acids is 1. The lowest BCUT2D eigenvalue weighted by Crippen LogP contribution is -2.41. The molecule has 2 aromatic carbocycles. The maximum Gasteiger partial charge on any atom is 0.229 e. The quantitative estimate of drug-likeness (QED) is 0.670. The first-order valence-corrected chi connectivity index (χ1v) is 10.1. The van der Waals surface area contributed by atoms with Crippen molar-refractivity contribution in [2.45, 2.75) is 19.8 Å². The van der Waals surface area contributed by atoms with Crippen LogP contribution in [0.5, 0.6) is 0 Å². The van der Waals surface area contributed by atoms with Crippen molar-refractivity contribution in [3.8, 4) is 11.3 Å². The smallest absolute Gasteiger partial charge is 0.229 e. The number of hydrogen-bond acceptors (Lipinski definition) is 4. The van der Waals surface area contributed by atoms with Crippen LogP contribution < -0.4 is 9.80 Å². The van der Waals surface area contributed by atoms with E-state index in [1.165, 1.54) is 5.56 Å². The van der Waals surface area contributed by atoms with Crippen LogP contribution >= 0.6 is 0 Å². The Morgan fingerprint density at radius 3 is 2.28 bits per heavy atom. The average molecular weight is 386 g/mol. The van der Waals surface area contributed by atoms with Crippen LogP contribution in [-0.4, -0.2) is 36.2 Å². The van der Waals surface area contributed by atoms with Crippen LogP contribution in [0.4, 0.5) is 11.5 Å². The number of nitrogens with zero attached hydrogens (tertiary/aromatic N) is 4. The van der Waals surface area contributed by atoms with Gasteiger partial charge in [-0.25, -0.2) is 0 Å². The highest BCUT2D eigenvalue weighted by Crippen LogP contribution is 2.26. The number of piperidine rings is 1. The molecule has 5 heteroatoms. The van der Waals surface area contributed by atoms with E-state index in [-0.39, 0.29) is 11.8 Å². The van der Waals surface area contributed by atoms with Gasteiger partial charge in [0.1, 0.15) is 0 Å². The van der Waals surface area contributed by atoms with Crippen LogP contribution in [0.15, 0.2) is 66.7 Å². The van der Waals surface area contributed by atoms with E-state index < -0.39 is 0 Å². The predicted molar refractivity (Wildman–Crippen MR) is 117 cm³/mol. The van der Waals surface area contributed by atoms with Gasteiger partial charge in [0, 0.05) is 37.3 Å². The SMILES string of the molecule is Cc1ccccc1-c1ccc(N2CCC(C(=O)N(C)c3ccccc3)CC2)nn1. The van der Waals surface area contributed by atoms with E-state index in [4.69, 9.17) is 0 Å². The van der Waals surface area contributed by atoms with E-state index in [9.17, 15) is 4.79 Å². The summed E-state index contributed by atoms with van der Waals surface area (Å²) < 4.78 is 0. The second-order valence-corrected chi connectivity index (χ2v) is 7.59. The molecule has 0 bridgehead atoms. The number of benzene rings is 2. The Kier molecular flexibility index (Phi) is 5.56. The summed E-state index contributed by atoms with van der Waals surface area (Å²) in [5.41, 5.74) is 4.13. The highest BCUT2D eigenvalue weighted by Gasteiger charge is 2.28. The number of amides is 1. The highest BCUT2D eigenvalue weighted by molar-refractivity contribution is 5.94. The second-order valence-electron chi connectivity index (χ2n) is 7.59. The first-order chi connectivity index (χ1) is 14.1. The lowest BCUT2D eigenvalue weighted by Gasteiger charge is -2.33. The minimum absolute atomic E-state index is 0.0515. The molecule has 1 saturated heterocycles. The van der Waals surface area contributed by atoms with E-state index in [2.05, 4.69) is 34.2 Å². The largest absolute Gasteiger partial charge is 0.355 e. The molecule has 1 aromatic heterocycles. The monoisotopic (exact) mass is 386 g/mol. The molecule has 1 amide bonds. The number of carbonyl (C=O) groups is 1. The second kappa shape index (κ2) is 8.43. The summed E-state index contributed by atoms with van der Waals surface area (Å²) in [5, 5.41) is 8.89. The van der Waals surface area contributed by atoms with E-state index in [0.29, 0.717) is 0 Å². The van der Waals surface area contributed by atoms with Crippen molar-refractivity contribution in [1.29, 1.82) is 0 Å². The summed E-state index contributed by atoms with van der Waals surface area (Å²) in [5.74, 6) is 1.12. The average Bonchev–Trinajstić information content (AvgIpc) is 2.79. The van der Waals surface area contributed by atoms with Crippen molar-refractivity contribution in [1.82, 2.24) is 10.2 Å². The molecule has 0 aliphatic carbocycles. The Hall–Kier alpha value is -3.21. The lowest BCUT2D eigenvalue weighted by atomic mass is 9.95. The van der Waals surface area contributed by atoms with Crippen LogP contribution in [0.1, 0.15) is 18.4 Å². The third kappa shape index (κ3) is 4.14. The van der Waals surface area contributed by atoms with Gasteiger partial charge in [-0.2, -0.15) is 0 Å². The third-order valence-electron chi connectivity index (χ3n) is 5.71. The molecule has 2 heterocycles. The number of hydrogen-bond donors (Lipinski definition) is 0. The fraction of sp³-hybridized carbons (Fsp3) is 0.292. The van der Waals surface area contributed by atoms with Gasteiger partial charge in [0.15, 0.2) is 5.82 Å². The Bertz CT molecular complexity index is 964. The first-order valence-electron chi connectivity index (χ1n) is 10.1. The minimum Gasteiger partial charge on any atom is -0.355 e. The molecule has 0 atom stereocenters. The molecule has 1 fully saturated rings. The zero-order valence-corrected chi connectivity index (χ0v) is 17.0. The van der Waals surface area contributed by atoms with Crippen molar-refractivity contribution in [2.75, 3.05) is 29.9 Å². The number of aromatic nitrogens is 2. The fourth-order valence-corrected chi connectivity index (χ4v) is 3.91. The fourth-order valence-electron chi connectivity index (χ4n) is 3.91. The standard InChI is InChI=1S/C24H26N4O/c1-18-8-6-7-11-21(18)22-12-13-23(26-25-22)28-16-14-19(15-17-28)24(29)27(2)20-9-4-3-5-10-20/h3-13,19H,14-17H2,1-2H3. The van der Waals surface area contributed by atoms with E-state index in [1.54, 1.807) is 4.90 Å². The van der Waals surface area contributed by atoms with Gasteiger partial charge in [-0.1, -0.05) is 42.5 Å². The summed E-state index contributed by atoms with van der Waals surface area (Å²) in [7, 11) is 1.86. The molecule has 0 unspecified atom stereocenters. The lowest BCUT2D eigenvalue weighted by molar-refractivity contribution is -0.122. The Balaban J connectivity index is 1.38. The van der Waals surface area contributed by atoms with Crippen LogP contribution in [0.3, 0.4) is 0 Å². The van der Waals surface area contributed by atoms with Crippen molar-refractivity contribution in [3.05, 3.63) is 72.3 Å². The van der Waals surface area contributed by atoms with Gasteiger partial charge >= 0.3 is 0 Å². The maximum atomic E-state index is 12.9. The Morgan fingerprint density at radius 2 is 1.62 bits per heavy atom. The molecule has 148 valence electrons. The molecular formula is C24H26N4O. The van der Waals surface area contributed by atoms with Crippen LogP contribution in [0.25, 0.3) is 11.3 Å². The Labute approximate surface area is 172 Å². The number of para-hydroxylation sites is 1. The third-order valence-corrected chi connectivity index (χ3v) is 5.71. The highest BCUT2D eigenvalue weighted by atomic mass is 16.2. The van der Waals surface area contributed by atoms with Crippen LogP contribution in [0, 0.1) is 12.8 Å². The van der Waals surface area contributed by atoms with Gasteiger partial charge in [0.2, 0.25) is 5.91 Å². The summed E-state index contributed by atoms with van der Waals surface area (Å²) >= 11 is 0. The zero-order chi connectivity index (χ0) is 20.2. The zero-order valence-electron chi connectivity index (χ0n) is 17.0. The van der Waals surface area contributed by atoms with E-state index in [0.717, 1.165) is 48.7 Å². The molecule has 1 aliphatic heterocycles. The van der Waals surface area contributed by atoms with E-state index >= 15 is 0 Å². The first kappa shape index (κ1) is 19.1. The summed E-state index contributed by atoms with van der Waals surface area (Å²) in [6.45, 7) is 3.72. The van der Waals surface area contributed by atoms with Crippen molar-refractivity contribution in [3.63, 3.8) is 0 Å². The predicted octanol–water partition coefficient (Wildman–Crippen LogP) is 4.33. The van der Waals surface area contributed by atoms with Gasteiger partial charge in [-0.3, -0.25) is 4.79 Å². The van der Waals surface area contributed by atoms with Crippen molar-refractivity contribution in [2.24, 2.45) is 5.92 Å². The molecule has 1 aliphatic rings. The number of anilines is 2. The van der Waals surface area contributed by atoms with Crippen LogP contribution in [0.2, 0.25) is 0 Å². The van der Waals surface area contributed by atoms with Crippen LogP contribution in [-0.2, 0) is 4.79 Å². The molecule has 5 nitrogen and oxygen atoms in total. The summed E-state index contributed by atoms with van der Waals surface area (Å²) in [4.78, 5) is 16.9. The van der Waals surface area contributed by atoms with Crippen molar-refractivity contribution < 1.29 is 4.79 Å². The number of aryl methyl sites for hydroxylation is 1. The molecule has 29 heavy (non-hydrogen) atoms. The van der Waals surface area contributed by atoms with Gasteiger partial charge in [0.25, 0.3) is 0 Å². The summed E-state index contributed by atoms with van der Waals surface area (Å²) in [6.07, 6.45) is 1.66. The van der Waals surface area contributed by atoms with E-state index in [1.807, 2.05) is 61.6 Å². The molecule has 0 spiro atoms. The topological polar surface area (TPSA) is 49.3 Å². The maximum absolute atomic E-state index is 12.9. The van der Waals surface area contributed by atoms with Gasteiger partial charge in [-0.05, 0) is 49.6 Å². The van der Waals surface area contributed by atoms with Gasteiger partial charge in [0.05, 0.1) is 5.69 Å². The minimum atomic E-state index is 0.0515. The van der Waals surface area contributed by atoms with Crippen molar-refractivity contribution >= 4 is 17.4 Å². The molecule has 4 rings (SSSR count). The van der Waals surface area contributed by atoms with Gasteiger partial charge in [-0.15, -0.1) is 10.2 Å². The molecule has 0 radical (unpaired) electrons. The molecule has 0 saturated carbocycles.